The largest absolute Gasteiger partial charge is 0.494 e. The number of para-hydroxylation sites is 1. The molecule has 5 nitrogen and oxygen atoms in total. The van der Waals surface area contributed by atoms with E-state index in [-0.39, 0.29) is 5.78 Å². The van der Waals surface area contributed by atoms with Gasteiger partial charge in [0.25, 0.3) is 0 Å². The number of thioether (sulfide) groups is 1. The molecule has 0 unspecified atom stereocenters. The Morgan fingerprint density at radius 3 is 2.68 bits per heavy atom. The average Bonchev–Trinajstić information content (AvgIpc) is 3.47. The molecule has 0 amide bonds. The number of nitrogens with zero attached hydrogens (tertiary/aromatic N) is 3. The summed E-state index contributed by atoms with van der Waals surface area (Å²) in [6, 6.07) is 15.7. The van der Waals surface area contributed by atoms with Crippen molar-refractivity contribution in [1.29, 1.82) is 0 Å². The monoisotopic (exact) mass is 393 g/mol. The topological polar surface area (TPSA) is 57.0 Å². The van der Waals surface area contributed by atoms with Gasteiger partial charge >= 0.3 is 0 Å². The van der Waals surface area contributed by atoms with E-state index < -0.39 is 0 Å². The van der Waals surface area contributed by atoms with Gasteiger partial charge in [-0.25, -0.2) is 9.67 Å². The van der Waals surface area contributed by atoms with Crippen LogP contribution in [0.2, 0.25) is 0 Å². The highest BCUT2D eigenvalue weighted by molar-refractivity contribution is 7.98. The van der Waals surface area contributed by atoms with E-state index in [0.29, 0.717) is 23.8 Å². The van der Waals surface area contributed by atoms with Crippen LogP contribution in [0.1, 0.15) is 54.4 Å². The second-order valence-corrected chi connectivity index (χ2v) is 7.82. The lowest BCUT2D eigenvalue weighted by atomic mass is 10.1. The first kappa shape index (κ1) is 18.7. The number of rotatable bonds is 8. The number of aromatic nitrogens is 3. The molecule has 1 saturated carbocycles. The van der Waals surface area contributed by atoms with Gasteiger partial charge in [-0.05, 0) is 57.0 Å². The van der Waals surface area contributed by atoms with Crippen molar-refractivity contribution < 1.29 is 9.53 Å². The highest BCUT2D eigenvalue weighted by atomic mass is 32.2. The Bertz CT molecular complexity index is 981. The minimum absolute atomic E-state index is 0.0526. The average molecular weight is 394 g/mol. The zero-order valence-electron chi connectivity index (χ0n) is 16.1. The number of carbonyl (C=O) groups excluding carboxylic acids is 1. The molecule has 0 bridgehead atoms. The maximum absolute atomic E-state index is 11.8. The van der Waals surface area contributed by atoms with Crippen LogP contribution < -0.4 is 4.74 Å². The summed E-state index contributed by atoms with van der Waals surface area (Å²) < 4.78 is 7.70. The molecule has 1 heterocycles. The second-order valence-electron chi connectivity index (χ2n) is 6.87. The van der Waals surface area contributed by atoms with Crippen molar-refractivity contribution in [3.8, 4) is 11.4 Å². The lowest BCUT2D eigenvalue weighted by Crippen LogP contribution is -2.01. The van der Waals surface area contributed by atoms with Crippen LogP contribution in [0.5, 0.6) is 5.75 Å². The second kappa shape index (κ2) is 8.19. The first-order chi connectivity index (χ1) is 13.7. The third kappa shape index (κ3) is 4.12. The summed E-state index contributed by atoms with van der Waals surface area (Å²) in [4.78, 5) is 16.6. The van der Waals surface area contributed by atoms with Crippen molar-refractivity contribution in [2.45, 2.75) is 43.5 Å². The third-order valence-electron chi connectivity index (χ3n) is 4.68. The van der Waals surface area contributed by atoms with E-state index in [1.54, 1.807) is 18.7 Å². The first-order valence-electron chi connectivity index (χ1n) is 9.57. The number of ether oxygens (including phenoxy) is 1. The van der Waals surface area contributed by atoms with Crippen molar-refractivity contribution in [3.05, 3.63) is 65.5 Å². The van der Waals surface area contributed by atoms with Gasteiger partial charge in [0, 0.05) is 22.8 Å². The highest BCUT2D eigenvalue weighted by Gasteiger charge is 2.30. The summed E-state index contributed by atoms with van der Waals surface area (Å²) in [6.45, 7) is 4.13. The number of Topliss-reactive ketones (excluding diaryl/α,β-unsaturated/α-hetero) is 1. The van der Waals surface area contributed by atoms with Gasteiger partial charge in [-0.15, -0.1) is 5.10 Å². The SMILES string of the molecule is CCOc1ccc(C(C)=O)cc1CSc1nc(C2CC2)n(-c2ccccc2)n1. The van der Waals surface area contributed by atoms with Crippen LogP contribution in [0.3, 0.4) is 0 Å². The van der Waals surface area contributed by atoms with E-state index >= 15 is 0 Å². The van der Waals surface area contributed by atoms with Crippen molar-refractivity contribution >= 4 is 17.5 Å². The molecule has 6 heteroatoms. The fourth-order valence-electron chi connectivity index (χ4n) is 3.08. The Morgan fingerprint density at radius 1 is 1.21 bits per heavy atom. The summed E-state index contributed by atoms with van der Waals surface area (Å²) in [7, 11) is 0. The van der Waals surface area contributed by atoms with Gasteiger partial charge < -0.3 is 4.74 Å². The molecule has 0 atom stereocenters. The molecule has 0 aliphatic heterocycles. The number of hydrogen-bond donors (Lipinski definition) is 0. The lowest BCUT2D eigenvalue weighted by Gasteiger charge is -2.10. The van der Waals surface area contributed by atoms with E-state index in [0.717, 1.165) is 28.0 Å². The zero-order chi connectivity index (χ0) is 19.5. The molecule has 0 N–H and O–H groups in total. The Hall–Kier alpha value is -2.60. The van der Waals surface area contributed by atoms with Gasteiger partial charge in [-0.1, -0.05) is 30.0 Å². The number of carbonyl (C=O) groups is 1. The predicted octanol–water partition coefficient (Wildman–Crippen LogP) is 5.04. The molecular weight excluding hydrogens is 370 g/mol. The standard InChI is InChI=1S/C22H23N3O2S/c1-3-27-20-12-11-17(15(2)26)13-18(20)14-28-22-23-21(16-9-10-16)25(24-22)19-7-5-4-6-8-19/h4-8,11-13,16H,3,9-10,14H2,1-2H3. The molecule has 0 radical (unpaired) electrons. The van der Waals surface area contributed by atoms with Crippen molar-refractivity contribution in [2.24, 2.45) is 0 Å². The van der Waals surface area contributed by atoms with Crippen LogP contribution in [0, 0.1) is 0 Å². The fraction of sp³-hybridized carbons (Fsp3) is 0.318. The highest BCUT2D eigenvalue weighted by Crippen LogP contribution is 2.40. The Balaban J connectivity index is 1.59. The Labute approximate surface area is 169 Å². The number of benzene rings is 2. The van der Waals surface area contributed by atoms with Crippen LogP contribution in [-0.4, -0.2) is 27.2 Å². The Morgan fingerprint density at radius 2 is 2.00 bits per heavy atom. The lowest BCUT2D eigenvalue weighted by molar-refractivity contribution is 0.101. The van der Waals surface area contributed by atoms with Gasteiger partial charge in [-0.3, -0.25) is 4.79 Å². The molecule has 28 heavy (non-hydrogen) atoms. The smallest absolute Gasteiger partial charge is 0.209 e. The zero-order valence-corrected chi connectivity index (χ0v) is 16.9. The molecule has 1 fully saturated rings. The number of hydrogen-bond acceptors (Lipinski definition) is 5. The minimum atomic E-state index is 0.0526. The molecule has 2 aromatic carbocycles. The Kier molecular flexibility index (Phi) is 5.48. The van der Waals surface area contributed by atoms with Crippen molar-refractivity contribution in [1.82, 2.24) is 14.8 Å². The van der Waals surface area contributed by atoms with E-state index in [2.05, 4.69) is 12.1 Å². The van der Waals surface area contributed by atoms with E-state index in [9.17, 15) is 4.79 Å². The van der Waals surface area contributed by atoms with E-state index in [1.807, 2.05) is 48.0 Å². The van der Waals surface area contributed by atoms with Gasteiger partial charge in [0.1, 0.15) is 11.6 Å². The van der Waals surface area contributed by atoms with Gasteiger partial charge in [0.05, 0.1) is 12.3 Å². The van der Waals surface area contributed by atoms with Crippen LogP contribution in [0.15, 0.2) is 53.7 Å². The molecular formula is C22H23N3O2S. The predicted molar refractivity (Wildman–Crippen MR) is 111 cm³/mol. The molecule has 0 saturated heterocycles. The fourth-order valence-corrected chi connectivity index (χ4v) is 3.89. The van der Waals surface area contributed by atoms with Gasteiger partial charge in [-0.2, -0.15) is 0 Å². The molecule has 1 aliphatic rings. The van der Waals surface area contributed by atoms with Crippen LogP contribution in [0.25, 0.3) is 5.69 Å². The molecule has 3 aromatic rings. The van der Waals surface area contributed by atoms with Crippen molar-refractivity contribution in [2.75, 3.05) is 6.61 Å². The van der Waals surface area contributed by atoms with E-state index in [1.165, 1.54) is 12.8 Å². The summed E-state index contributed by atoms with van der Waals surface area (Å²) in [5, 5.41) is 5.50. The van der Waals surface area contributed by atoms with Crippen LogP contribution in [-0.2, 0) is 5.75 Å². The maximum Gasteiger partial charge on any atom is 0.209 e. The minimum Gasteiger partial charge on any atom is -0.494 e. The normalized spacial score (nSPS) is 13.5. The summed E-state index contributed by atoms with van der Waals surface area (Å²) in [5.41, 5.74) is 2.72. The quantitative estimate of drug-likeness (QED) is 0.396. The third-order valence-corrected chi connectivity index (χ3v) is 5.57. The molecule has 144 valence electrons. The molecule has 1 aromatic heterocycles. The maximum atomic E-state index is 11.8. The molecule has 0 spiro atoms. The van der Waals surface area contributed by atoms with Gasteiger partial charge in [0.2, 0.25) is 5.16 Å². The van der Waals surface area contributed by atoms with Crippen LogP contribution >= 0.6 is 11.8 Å². The summed E-state index contributed by atoms with van der Waals surface area (Å²) in [5.74, 6) is 3.05. The first-order valence-corrected chi connectivity index (χ1v) is 10.6. The molecule has 1 aliphatic carbocycles. The number of ketones is 1. The summed E-state index contributed by atoms with van der Waals surface area (Å²) >= 11 is 1.57. The molecule has 4 rings (SSSR count). The van der Waals surface area contributed by atoms with Crippen LogP contribution in [0.4, 0.5) is 0 Å². The van der Waals surface area contributed by atoms with Gasteiger partial charge in [0.15, 0.2) is 5.78 Å². The van der Waals surface area contributed by atoms with E-state index in [4.69, 9.17) is 14.8 Å². The van der Waals surface area contributed by atoms with Crippen molar-refractivity contribution in [3.63, 3.8) is 0 Å². The summed E-state index contributed by atoms with van der Waals surface area (Å²) in [6.07, 6.45) is 2.34.